The van der Waals surface area contributed by atoms with E-state index < -0.39 is 42.9 Å². The highest BCUT2D eigenvalue weighted by atomic mass is 16.7. The number of ether oxygens (including phenoxy) is 4. The molecule has 3 rings (SSSR count). The molecule has 0 bridgehead atoms. The first-order valence-electron chi connectivity index (χ1n) is 8.07. The highest BCUT2D eigenvalue weighted by Gasteiger charge is 2.45. The van der Waals surface area contributed by atoms with E-state index in [9.17, 15) is 25.2 Å². The third kappa shape index (κ3) is 3.45. The van der Waals surface area contributed by atoms with Crippen molar-refractivity contribution in [2.75, 3.05) is 20.8 Å². The minimum absolute atomic E-state index is 0.0130. The van der Waals surface area contributed by atoms with E-state index in [1.807, 2.05) is 0 Å². The normalized spacial score (nSPS) is 28.1. The van der Waals surface area contributed by atoms with Crippen molar-refractivity contribution < 1.29 is 43.8 Å². The monoisotopic (exact) mass is 384 g/mol. The number of fused-ring (bicyclic) bond motifs is 1. The van der Waals surface area contributed by atoms with Crippen LogP contribution in [0.5, 0.6) is 17.2 Å². The van der Waals surface area contributed by atoms with E-state index in [4.69, 9.17) is 23.4 Å². The first kappa shape index (κ1) is 19.4. The van der Waals surface area contributed by atoms with Crippen molar-refractivity contribution in [3.8, 4) is 17.2 Å². The topological polar surface area (TPSA) is 148 Å². The number of hydrogen-bond acceptors (Lipinski definition) is 10. The van der Waals surface area contributed by atoms with Gasteiger partial charge in [-0.25, -0.2) is 4.79 Å². The van der Waals surface area contributed by atoms with Crippen molar-refractivity contribution in [1.82, 2.24) is 0 Å². The Morgan fingerprint density at radius 3 is 2.41 bits per heavy atom. The molecule has 1 aliphatic rings. The van der Waals surface area contributed by atoms with Crippen molar-refractivity contribution in [3.63, 3.8) is 0 Å². The molecule has 1 aromatic heterocycles. The van der Waals surface area contributed by atoms with Gasteiger partial charge in [0.1, 0.15) is 24.4 Å². The van der Waals surface area contributed by atoms with E-state index in [-0.39, 0.29) is 22.8 Å². The lowest BCUT2D eigenvalue weighted by Gasteiger charge is -2.39. The lowest BCUT2D eigenvalue weighted by Crippen LogP contribution is -2.60. The fourth-order valence-corrected chi connectivity index (χ4v) is 2.87. The molecule has 0 aliphatic carbocycles. The number of rotatable bonds is 5. The minimum Gasteiger partial charge on any atom is -0.493 e. The molecule has 10 heteroatoms. The quantitative estimate of drug-likeness (QED) is 0.473. The average Bonchev–Trinajstić information content (AvgIpc) is 2.67. The SMILES string of the molecule is COc1cc2ccc(=O)oc2c(OC)c1O[C@@H]1O[C@H](CO)[C@H](O)[C@H](O)[C@H]1O. The predicted octanol–water partition coefficient (Wildman–Crippen LogP) is -1.01. The molecule has 1 fully saturated rings. The Balaban J connectivity index is 2.06. The van der Waals surface area contributed by atoms with Gasteiger partial charge in [-0.1, -0.05) is 0 Å². The van der Waals surface area contributed by atoms with E-state index in [1.165, 1.54) is 32.4 Å². The third-order valence-electron chi connectivity index (χ3n) is 4.29. The van der Waals surface area contributed by atoms with Crippen LogP contribution in [0, 0.1) is 0 Å². The lowest BCUT2D eigenvalue weighted by molar-refractivity contribution is -0.277. The molecular formula is C17H20O10. The van der Waals surface area contributed by atoms with Crippen LogP contribution in [0.15, 0.2) is 27.4 Å². The van der Waals surface area contributed by atoms with Gasteiger partial charge in [-0.2, -0.15) is 0 Å². The van der Waals surface area contributed by atoms with E-state index in [2.05, 4.69) is 0 Å². The minimum atomic E-state index is -1.63. The van der Waals surface area contributed by atoms with Crippen LogP contribution in [0.3, 0.4) is 0 Å². The number of hydrogen-bond donors (Lipinski definition) is 4. The smallest absolute Gasteiger partial charge is 0.336 e. The Hall–Kier alpha value is -2.37. The summed E-state index contributed by atoms with van der Waals surface area (Å²) in [7, 11) is 2.70. The van der Waals surface area contributed by atoms with Crippen LogP contribution in [0.4, 0.5) is 0 Å². The molecule has 27 heavy (non-hydrogen) atoms. The summed E-state index contributed by atoms with van der Waals surface area (Å²) in [5.74, 6) is 0.148. The van der Waals surface area contributed by atoms with Crippen LogP contribution in [0.25, 0.3) is 11.0 Å². The third-order valence-corrected chi connectivity index (χ3v) is 4.29. The molecule has 5 atom stereocenters. The maximum absolute atomic E-state index is 11.6. The molecule has 0 spiro atoms. The largest absolute Gasteiger partial charge is 0.493 e. The molecule has 1 aromatic carbocycles. The standard InChI is InChI=1S/C17H20O10/c1-23-8-5-7-3-4-10(19)26-14(7)16(24-2)15(8)27-17-13(22)12(21)11(20)9(6-18)25-17/h3-5,9,11-13,17-18,20-22H,6H2,1-2H3/t9-,11+,12+,13-,17+/m1/s1. The van der Waals surface area contributed by atoms with Gasteiger partial charge in [-0.15, -0.1) is 0 Å². The Morgan fingerprint density at radius 2 is 1.78 bits per heavy atom. The Morgan fingerprint density at radius 1 is 1.04 bits per heavy atom. The highest BCUT2D eigenvalue weighted by Crippen LogP contribution is 2.44. The second-order valence-electron chi connectivity index (χ2n) is 5.93. The summed E-state index contributed by atoms with van der Waals surface area (Å²) >= 11 is 0. The molecular weight excluding hydrogens is 364 g/mol. The number of benzene rings is 1. The highest BCUT2D eigenvalue weighted by molar-refractivity contribution is 5.88. The molecule has 2 heterocycles. The zero-order valence-electron chi connectivity index (χ0n) is 14.6. The predicted molar refractivity (Wildman–Crippen MR) is 90.0 cm³/mol. The zero-order chi connectivity index (χ0) is 19.7. The van der Waals surface area contributed by atoms with Gasteiger partial charge in [0.2, 0.25) is 17.8 Å². The summed E-state index contributed by atoms with van der Waals surface area (Å²) in [4.78, 5) is 11.6. The van der Waals surface area contributed by atoms with Crippen molar-refractivity contribution in [3.05, 3.63) is 28.6 Å². The van der Waals surface area contributed by atoms with Gasteiger partial charge in [0.15, 0.2) is 11.3 Å². The second-order valence-corrected chi connectivity index (χ2v) is 5.93. The van der Waals surface area contributed by atoms with Crippen LogP contribution in [-0.2, 0) is 4.74 Å². The maximum Gasteiger partial charge on any atom is 0.336 e. The average molecular weight is 384 g/mol. The van der Waals surface area contributed by atoms with E-state index >= 15 is 0 Å². The molecule has 0 saturated carbocycles. The Bertz CT molecular complexity index is 861. The molecule has 4 N–H and O–H groups in total. The molecule has 0 unspecified atom stereocenters. The van der Waals surface area contributed by atoms with Gasteiger partial charge < -0.3 is 43.8 Å². The van der Waals surface area contributed by atoms with E-state index in [0.717, 1.165) is 0 Å². The molecule has 2 aromatic rings. The fourth-order valence-electron chi connectivity index (χ4n) is 2.87. The summed E-state index contributed by atoms with van der Waals surface area (Å²) in [5, 5.41) is 39.7. The summed E-state index contributed by atoms with van der Waals surface area (Å²) < 4.78 is 26.7. The van der Waals surface area contributed by atoms with Crippen LogP contribution in [0.2, 0.25) is 0 Å². The zero-order valence-corrected chi connectivity index (χ0v) is 14.6. The van der Waals surface area contributed by atoms with Gasteiger partial charge in [0.05, 0.1) is 20.8 Å². The van der Waals surface area contributed by atoms with Crippen molar-refractivity contribution >= 4 is 11.0 Å². The van der Waals surface area contributed by atoms with Crippen molar-refractivity contribution in [2.24, 2.45) is 0 Å². The van der Waals surface area contributed by atoms with E-state index in [0.29, 0.717) is 5.39 Å². The summed E-state index contributed by atoms with van der Waals surface area (Å²) in [6, 6.07) is 4.28. The molecule has 1 aliphatic heterocycles. The van der Waals surface area contributed by atoms with Crippen molar-refractivity contribution in [1.29, 1.82) is 0 Å². The van der Waals surface area contributed by atoms with Gasteiger partial charge in [-0.3, -0.25) is 0 Å². The lowest BCUT2D eigenvalue weighted by atomic mass is 9.99. The first-order chi connectivity index (χ1) is 12.9. The van der Waals surface area contributed by atoms with E-state index in [1.54, 1.807) is 0 Å². The number of aliphatic hydroxyl groups excluding tert-OH is 4. The molecule has 0 radical (unpaired) electrons. The van der Waals surface area contributed by atoms with Gasteiger partial charge >= 0.3 is 5.63 Å². The van der Waals surface area contributed by atoms with Crippen LogP contribution < -0.4 is 19.8 Å². The van der Waals surface area contributed by atoms with Gasteiger partial charge in [0.25, 0.3) is 0 Å². The molecule has 10 nitrogen and oxygen atoms in total. The maximum atomic E-state index is 11.6. The molecule has 0 amide bonds. The molecule has 148 valence electrons. The number of methoxy groups -OCH3 is 2. The van der Waals surface area contributed by atoms with Crippen molar-refractivity contribution in [2.45, 2.75) is 30.7 Å². The van der Waals surface area contributed by atoms with Gasteiger partial charge in [0, 0.05) is 11.5 Å². The number of aliphatic hydroxyl groups is 4. The molecule has 1 saturated heterocycles. The Labute approximate surface area is 153 Å². The summed E-state index contributed by atoms with van der Waals surface area (Å²) in [6.07, 6.45) is -7.38. The summed E-state index contributed by atoms with van der Waals surface area (Å²) in [5.41, 5.74) is -0.518. The Kier molecular flexibility index (Phi) is 5.53. The summed E-state index contributed by atoms with van der Waals surface area (Å²) in [6.45, 7) is -0.605. The van der Waals surface area contributed by atoms with Crippen LogP contribution in [-0.4, -0.2) is 72.0 Å². The van der Waals surface area contributed by atoms with Crippen LogP contribution >= 0.6 is 0 Å². The second kappa shape index (κ2) is 7.71. The first-order valence-corrected chi connectivity index (χ1v) is 8.07. The van der Waals surface area contributed by atoms with Crippen LogP contribution in [0.1, 0.15) is 0 Å². The fraction of sp³-hybridized carbons (Fsp3) is 0.471. The van der Waals surface area contributed by atoms with Gasteiger partial charge in [-0.05, 0) is 12.1 Å².